The molecule has 2 saturated heterocycles. The monoisotopic (exact) mass is 255 g/mol. The Balaban J connectivity index is 1.69. The maximum atomic E-state index is 10.7. The average molecular weight is 255 g/mol. The molecule has 0 aliphatic carbocycles. The van der Waals surface area contributed by atoms with Crippen molar-refractivity contribution in [2.24, 2.45) is 5.92 Å². The SMILES string of the molecule is CC1(C)CCC(CN2CCC(CC(=O)O)CC2)O1. The van der Waals surface area contributed by atoms with Crippen LogP contribution in [0.3, 0.4) is 0 Å². The highest BCUT2D eigenvalue weighted by atomic mass is 16.5. The predicted octanol–water partition coefficient (Wildman–Crippen LogP) is 2.13. The zero-order valence-corrected chi connectivity index (χ0v) is 11.5. The van der Waals surface area contributed by atoms with Crippen molar-refractivity contribution in [3.05, 3.63) is 0 Å². The molecule has 4 heteroatoms. The second-order valence-electron chi connectivity index (χ2n) is 6.38. The summed E-state index contributed by atoms with van der Waals surface area (Å²) in [6.45, 7) is 7.39. The maximum Gasteiger partial charge on any atom is 0.303 e. The first-order valence-electron chi connectivity index (χ1n) is 7.06. The quantitative estimate of drug-likeness (QED) is 0.836. The van der Waals surface area contributed by atoms with Gasteiger partial charge in [0.2, 0.25) is 0 Å². The van der Waals surface area contributed by atoms with Gasteiger partial charge in [-0.15, -0.1) is 0 Å². The topological polar surface area (TPSA) is 49.8 Å². The number of nitrogens with zero attached hydrogens (tertiary/aromatic N) is 1. The van der Waals surface area contributed by atoms with Crippen LogP contribution in [0.5, 0.6) is 0 Å². The van der Waals surface area contributed by atoms with Gasteiger partial charge in [0.15, 0.2) is 0 Å². The third-order valence-electron chi connectivity index (χ3n) is 4.19. The van der Waals surface area contributed by atoms with Crippen molar-refractivity contribution in [2.75, 3.05) is 19.6 Å². The molecular weight excluding hydrogens is 230 g/mol. The predicted molar refractivity (Wildman–Crippen MR) is 69.6 cm³/mol. The van der Waals surface area contributed by atoms with Crippen molar-refractivity contribution in [1.82, 2.24) is 4.90 Å². The van der Waals surface area contributed by atoms with Gasteiger partial charge in [-0.2, -0.15) is 0 Å². The summed E-state index contributed by atoms with van der Waals surface area (Å²) >= 11 is 0. The molecule has 0 aromatic heterocycles. The van der Waals surface area contributed by atoms with Gasteiger partial charge in [-0.05, 0) is 58.5 Å². The molecule has 104 valence electrons. The van der Waals surface area contributed by atoms with Gasteiger partial charge >= 0.3 is 5.97 Å². The maximum absolute atomic E-state index is 10.7. The Morgan fingerprint density at radius 2 is 2.00 bits per heavy atom. The summed E-state index contributed by atoms with van der Waals surface area (Å²) in [6, 6.07) is 0. The molecule has 2 rings (SSSR count). The van der Waals surface area contributed by atoms with E-state index in [0.717, 1.165) is 45.3 Å². The van der Waals surface area contributed by atoms with E-state index in [-0.39, 0.29) is 5.60 Å². The summed E-state index contributed by atoms with van der Waals surface area (Å²) in [5, 5.41) is 8.79. The lowest BCUT2D eigenvalue weighted by Gasteiger charge is -2.33. The third-order valence-corrected chi connectivity index (χ3v) is 4.19. The molecule has 0 aromatic rings. The molecule has 0 saturated carbocycles. The van der Waals surface area contributed by atoms with E-state index in [1.54, 1.807) is 0 Å². The van der Waals surface area contributed by atoms with E-state index in [9.17, 15) is 4.79 Å². The summed E-state index contributed by atoms with van der Waals surface area (Å²) in [7, 11) is 0. The number of hydrogen-bond donors (Lipinski definition) is 1. The van der Waals surface area contributed by atoms with Crippen molar-refractivity contribution in [3.63, 3.8) is 0 Å². The number of piperidine rings is 1. The molecule has 18 heavy (non-hydrogen) atoms. The third kappa shape index (κ3) is 3.95. The van der Waals surface area contributed by atoms with Crippen LogP contribution >= 0.6 is 0 Å². The number of carboxylic acids is 1. The molecule has 0 amide bonds. The number of aliphatic carboxylic acids is 1. The fraction of sp³-hybridized carbons (Fsp3) is 0.929. The lowest BCUT2D eigenvalue weighted by molar-refractivity contribution is -0.138. The Morgan fingerprint density at radius 3 is 2.50 bits per heavy atom. The van der Waals surface area contributed by atoms with Crippen LogP contribution in [-0.4, -0.2) is 47.3 Å². The fourth-order valence-corrected chi connectivity index (χ4v) is 3.11. The summed E-state index contributed by atoms with van der Waals surface area (Å²) < 4.78 is 6.01. The Bertz CT molecular complexity index is 295. The lowest BCUT2D eigenvalue weighted by Crippen LogP contribution is -2.39. The van der Waals surface area contributed by atoms with E-state index in [1.807, 2.05) is 0 Å². The fourth-order valence-electron chi connectivity index (χ4n) is 3.11. The molecule has 0 radical (unpaired) electrons. The standard InChI is InChI=1S/C14H25NO3/c1-14(2)6-3-12(18-14)10-15-7-4-11(5-8-15)9-13(16)17/h11-12H,3-10H2,1-2H3,(H,16,17). The largest absolute Gasteiger partial charge is 0.481 e. The van der Waals surface area contributed by atoms with E-state index >= 15 is 0 Å². The average Bonchev–Trinajstić information content (AvgIpc) is 2.60. The zero-order valence-electron chi connectivity index (χ0n) is 11.5. The van der Waals surface area contributed by atoms with Gasteiger partial charge in [0, 0.05) is 13.0 Å². The Labute approximate surface area is 109 Å². The van der Waals surface area contributed by atoms with Crippen molar-refractivity contribution >= 4 is 5.97 Å². The zero-order chi connectivity index (χ0) is 13.2. The van der Waals surface area contributed by atoms with Crippen molar-refractivity contribution in [1.29, 1.82) is 0 Å². The second-order valence-corrected chi connectivity index (χ2v) is 6.38. The summed E-state index contributed by atoms with van der Waals surface area (Å²) in [6.07, 6.45) is 5.04. The van der Waals surface area contributed by atoms with Crippen LogP contribution in [0.2, 0.25) is 0 Å². The van der Waals surface area contributed by atoms with Crippen LogP contribution in [0.1, 0.15) is 46.0 Å². The lowest BCUT2D eigenvalue weighted by atomic mass is 9.93. The van der Waals surface area contributed by atoms with Gasteiger partial charge in [0.25, 0.3) is 0 Å². The summed E-state index contributed by atoms with van der Waals surface area (Å²) in [4.78, 5) is 13.1. The smallest absolute Gasteiger partial charge is 0.303 e. The Kier molecular flexibility index (Phi) is 4.28. The van der Waals surface area contributed by atoms with Crippen molar-refractivity contribution < 1.29 is 14.6 Å². The normalized spacial score (nSPS) is 29.6. The first-order chi connectivity index (χ1) is 8.44. The van der Waals surface area contributed by atoms with E-state index in [1.165, 1.54) is 0 Å². The molecule has 1 atom stereocenters. The van der Waals surface area contributed by atoms with Crippen molar-refractivity contribution in [2.45, 2.75) is 57.7 Å². The number of likely N-dealkylation sites (tertiary alicyclic amines) is 1. The van der Waals surface area contributed by atoms with Gasteiger partial charge < -0.3 is 14.7 Å². The number of hydrogen-bond acceptors (Lipinski definition) is 3. The molecule has 4 nitrogen and oxygen atoms in total. The molecule has 2 aliphatic rings. The number of rotatable bonds is 4. The molecule has 1 N–H and O–H groups in total. The highest BCUT2D eigenvalue weighted by molar-refractivity contribution is 5.67. The van der Waals surface area contributed by atoms with Gasteiger partial charge in [-0.25, -0.2) is 0 Å². The van der Waals surface area contributed by atoms with E-state index in [4.69, 9.17) is 9.84 Å². The second kappa shape index (κ2) is 5.57. The van der Waals surface area contributed by atoms with E-state index < -0.39 is 5.97 Å². The Morgan fingerprint density at radius 1 is 1.33 bits per heavy atom. The minimum atomic E-state index is -0.658. The molecule has 2 heterocycles. The molecular formula is C14H25NO3. The molecule has 1 unspecified atom stereocenters. The van der Waals surface area contributed by atoms with E-state index in [0.29, 0.717) is 18.4 Å². The van der Waals surface area contributed by atoms with Crippen LogP contribution in [0.4, 0.5) is 0 Å². The summed E-state index contributed by atoms with van der Waals surface area (Å²) in [5.41, 5.74) is 0.0479. The summed E-state index contributed by atoms with van der Waals surface area (Å²) in [5.74, 6) is -0.283. The highest BCUT2D eigenvalue weighted by Gasteiger charge is 2.33. The van der Waals surface area contributed by atoms with Gasteiger partial charge in [0.1, 0.15) is 0 Å². The van der Waals surface area contributed by atoms with Crippen LogP contribution < -0.4 is 0 Å². The molecule has 2 fully saturated rings. The minimum absolute atomic E-state index is 0.0479. The van der Waals surface area contributed by atoms with Gasteiger partial charge in [-0.3, -0.25) is 4.79 Å². The van der Waals surface area contributed by atoms with Crippen LogP contribution in [0.15, 0.2) is 0 Å². The number of ether oxygens (including phenoxy) is 1. The molecule has 2 aliphatic heterocycles. The highest BCUT2D eigenvalue weighted by Crippen LogP contribution is 2.30. The minimum Gasteiger partial charge on any atom is -0.481 e. The molecule has 0 spiro atoms. The first kappa shape index (κ1) is 13.8. The Hall–Kier alpha value is -0.610. The van der Waals surface area contributed by atoms with Gasteiger partial charge in [0.05, 0.1) is 11.7 Å². The van der Waals surface area contributed by atoms with Crippen LogP contribution in [0.25, 0.3) is 0 Å². The molecule has 0 aromatic carbocycles. The van der Waals surface area contributed by atoms with Crippen LogP contribution in [0, 0.1) is 5.92 Å². The van der Waals surface area contributed by atoms with Gasteiger partial charge in [-0.1, -0.05) is 0 Å². The number of carboxylic acid groups (broad SMARTS) is 1. The first-order valence-corrected chi connectivity index (χ1v) is 7.06. The van der Waals surface area contributed by atoms with E-state index in [2.05, 4.69) is 18.7 Å². The van der Waals surface area contributed by atoms with Crippen LogP contribution in [-0.2, 0) is 9.53 Å². The molecule has 0 bridgehead atoms. The van der Waals surface area contributed by atoms with Crippen molar-refractivity contribution in [3.8, 4) is 0 Å². The number of carbonyl (C=O) groups is 1.